The van der Waals surface area contributed by atoms with E-state index >= 15 is 0 Å². The normalized spacial score (nSPS) is 20.3. The number of unbranched alkanes of at least 4 members (excludes halogenated alkanes) is 3. The lowest BCUT2D eigenvalue weighted by molar-refractivity contribution is -0.120. The Kier molecular flexibility index (Phi) is 6.29. The molecule has 132 valence electrons. The van der Waals surface area contributed by atoms with Gasteiger partial charge in [-0.05, 0) is 39.1 Å². The number of anilines is 1. The van der Waals surface area contributed by atoms with Crippen LogP contribution in [0, 0.1) is 0 Å². The number of para-hydroxylation sites is 1. The van der Waals surface area contributed by atoms with Crippen molar-refractivity contribution in [2.24, 2.45) is 5.73 Å². The molecular formula is C18H27N3O2S. The summed E-state index contributed by atoms with van der Waals surface area (Å²) in [6, 6.07) is 6.70. The van der Waals surface area contributed by atoms with Crippen molar-refractivity contribution < 1.29 is 9.59 Å². The maximum absolute atomic E-state index is 12.9. The number of nitrogens with zero attached hydrogens (tertiary/aromatic N) is 2. The van der Waals surface area contributed by atoms with Gasteiger partial charge in [0.2, 0.25) is 0 Å². The lowest BCUT2D eigenvalue weighted by atomic mass is 10.1. The van der Waals surface area contributed by atoms with Crippen molar-refractivity contribution >= 4 is 29.4 Å². The molecule has 0 aliphatic carbocycles. The van der Waals surface area contributed by atoms with Gasteiger partial charge < -0.3 is 10.6 Å². The molecule has 6 heteroatoms. The number of thioether (sulfide) groups is 1. The standard InChI is InChI=1S/C18H27N3O2S/c1-4-5-6-9-12-20(3)13-18(2)16(22)21(17(19)23)14-10-7-8-11-15(14)24-18/h7-8,10-11H,4-6,9,12-13H2,1-3H3,(H2,19,23). The Labute approximate surface area is 148 Å². The third kappa shape index (κ3) is 4.11. The number of amides is 3. The molecule has 0 aromatic heterocycles. The summed E-state index contributed by atoms with van der Waals surface area (Å²) in [4.78, 5) is 29.0. The molecule has 24 heavy (non-hydrogen) atoms. The average molecular weight is 350 g/mol. The highest BCUT2D eigenvalue weighted by Crippen LogP contribution is 2.45. The minimum Gasteiger partial charge on any atom is -0.351 e. The molecule has 1 heterocycles. The fourth-order valence-corrected chi connectivity index (χ4v) is 4.44. The second-order valence-corrected chi connectivity index (χ2v) is 8.12. The lowest BCUT2D eigenvalue weighted by Gasteiger charge is -2.40. The van der Waals surface area contributed by atoms with Crippen LogP contribution in [-0.4, -0.2) is 41.7 Å². The molecular weight excluding hydrogens is 322 g/mol. The van der Waals surface area contributed by atoms with E-state index in [1.807, 2.05) is 32.2 Å². The Morgan fingerprint density at radius 1 is 1.29 bits per heavy atom. The number of benzene rings is 1. The van der Waals surface area contributed by atoms with Crippen LogP contribution in [0.25, 0.3) is 0 Å². The van der Waals surface area contributed by atoms with E-state index in [0.29, 0.717) is 12.2 Å². The zero-order valence-electron chi connectivity index (χ0n) is 14.7. The van der Waals surface area contributed by atoms with Gasteiger partial charge in [0, 0.05) is 11.4 Å². The number of carbonyl (C=O) groups excluding carboxylic acids is 2. The van der Waals surface area contributed by atoms with Crippen LogP contribution in [0.2, 0.25) is 0 Å². The van der Waals surface area contributed by atoms with Crippen LogP contribution in [-0.2, 0) is 4.79 Å². The second kappa shape index (κ2) is 8.03. The van der Waals surface area contributed by atoms with Crippen LogP contribution in [0.3, 0.4) is 0 Å². The van der Waals surface area contributed by atoms with E-state index in [9.17, 15) is 9.59 Å². The first-order chi connectivity index (χ1) is 11.4. The van der Waals surface area contributed by atoms with Crippen LogP contribution in [0.1, 0.15) is 39.5 Å². The molecule has 0 saturated carbocycles. The van der Waals surface area contributed by atoms with Gasteiger partial charge in [-0.15, -0.1) is 11.8 Å². The first-order valence-corrected chi connectivity index (χ1v) is 9.31. The molecule has 0 fully saturated rings. The van der Waals surface area contributed by atoms with E-state index in [4.69, 9.17) is 5.73 Å². The minimum absolute atomic E-state index is 0.237. The number of nitrogens with two attached hydrogens (primary N) is 1. The highest BCUT2D eigenvalue weighted by molar-refractivity contribution is 8.01. The van der Waals surface area contributed by atoms with Crippen molar-refractivity contribution in [1.82, 2.24) is 4.90 Å². The van der Waals surface area contributed by atoms with E-state index < -0.39 is 10.8 Å². The van der Waals surface area contributed by atoms with Crippen molar-refractivity contribution in [1.29, 1.82) is 0 Å². The van der Waals surface area contributed by atoms with Gasteiger partial charge in [0.15, 0.2) is 0 Å². The molecule has 0 spiro atoms. The van der Waals surface area contributed by atoms with Crippen molar-refractivity contribution in [3.05, 3.63) is 24.3 Å². The van der Waals surface area contributed by atoms with Crippen molar-refractivity contribution in [2.75, 3.05) is 25.0 Å². The smallest absolute Gasteiger partial charge is 0.326 e. The summed E-state index contributed by atoms with van der Waals surface area (Å²) in [5.74, 6) is -0.237. The molecule has 1 unspecified atom stereocenters. The maximum atomic E-state index is 12.9. The zero-order valence-corrected chi connectivity index (χ0v) is 15.6. The van der Waals surface area contributed by atoms with E-state index in [-0.39, 0.29) is 5.91 Å². The van der Waals surface area contributed by atoms with Gasteiger partial charge in [0.25, 0.3) is 5.91 Å². The first-order valence-electron chi connectivity index (χ1n) is 8.49. The van der Waals surface area contributed by atoms with Crippen LogP contribution >= 0.6 is 11.8 Å². The van der Waals surface area contributed by atoms with Crippen molar-refractivity contribution in [2.45, 2.75) is 49.2 Å². The molecule has 1 aromatic carbocycles. The Morgan fingerprint density at radius 2 is 2.00 bits per heavy atom. The fourth-order valence-electron chi connectivity index (χ4n) is 3.08. The third-order valence-corrected chi connectivity index (χ3v) is 5.60. The van der Waals surface area contributed by atoms with Gasteiger partial charge >= 0.3 is 6.03 Å². The Hall–Kier alpha value is -1.53. The molecule has 3 amide bonds. The largest absolute Gasteiger partial charge is 0.351 e. The monoisotopic (exact) mass is 349 g/mol. The summed E-state index contributed by atoms with van der Waals surface area (Å²) in [6.45, 7) is 5.62. The molecule has 2 N–H and O–H groups in total. The fraction of sp³-hybridized carbons (Fsp3) is 0.556. The minimum atomic E-state index is -0.719. The SMILES string of the molecule is CCCCCCN(C)CC1(C)Sc2ccccc2N(C(N)=O)C1=O. The molecule has 1 aliphatic heterocycles. The number of primary amides is 1. The van der Waals surface area contributed by atoms with E-state index in [1.165, 1.54) is 31.0 Å². The Balaban J connectivity index is 2.14. The maximum Gasteiger partial charge on any atom is 0.326 e. The molecule has 1 aromatic rings. The highest BCUT2D eigenvalue weighted by atomic mass is 32.2. The average Bonchev–Trinajstić information content (AvgIpc) is 2.52. The molecule has 2 rings (SSSR count). The molecule has 1 aliphatic rings. The topological polar surface area (TPSA) is 66.6 Å². The molecule has 0 bridgehead atoms. The van der Waals surface area contributed by atoms with Gasteiger partial charge in [-0.25, -0.2) is 9.69 Å². The summed E-state index contributed by atoms with van der Waals surface area (Å²) in [7, 11) is 2.03. The van der Waals surface area contributed by atoms with Crippen molar-refractivity contribution in [3.63, 3.8) is 0 Å². The van der Waals surface area contributed by atoms with Gasteiger partial charge in [-0.2, -0.15) is 0 Å². The number of urea groups is 1. The second-order valence-electron chi connectivity index (χ2n) is 6.58. The number of rotatable bonds is 7. The van der Waals surface area contributed by atoms with E-state index in [2.05, 4.69) is 11.8 Å². The van der Waals surface area contributed by atoms with Crippen LogP contribution in [0.4, 0.5) is 10.5 Å². The number of carbonyl (C=O) groups is 2. The van der Waals surface area contributed by atoms with Gasteiger partial charge in [0.05, 0.1) is 5.69 Å². The predicted octanol–water partition coefficient (Wildman–Crippen LogP) is 3.47. The zero-order chi connectivity index (χ0) is 17.7. The quantitative estimate of drug-likeness (QED) is 0.765. The van der Waals surface area contributed by atoms with E-state index in [1.54, 1.807) is 6.07 Å². The molecule has 0 saturated heterocycles. The van der Waals surface area contributed by atoms with E-state index in [0.717, 1.165) is 22.8 Å². The number of hydrogen-bond donors (Lipinski definition) is 1. The van der Waals surface area contributed by atoms with Gasteiger partial charge in [0.1, 0.15) is 4.75 Å². The summed E-state index contributed by atoms with van der Waals surface area (Å²) >= 11 is 1.52. The first kappa shape index (κ1) is 18.8. The predicted molar refractivity (Wildman–Crippen MR) is 99.4 cm³/mol. The Morgan fingerprint density at radius 3 is 2.67 bits per heavy atom. The molecule has 1 atom stereocenters. The van der Waals surface area contributed by atoms with Crippen molar-refractivity contribution in [3.8, 4) is 0 Å². The number of hydrogen-bond acceptors (Lipinski definition) is 4. The molecule has 5 nitrogen and oxygen atoms in total. The summed E-state index contributed by atoms with van der Waals surface area (Å²) < 4.78 is -0.719. The lowest BCUT2D eigenvalue weighted by Crippen LogP contribution is -2.56. The summed E-state index contributed by atoms with van der Waals surface area (Å²) in [5, 5.41) is 0. The van der Waals surface area contributed by atoms with Gasteiger partial charge in [-0.3, -0.25) is 4.79 Å². The Bertz CT molecular complexity index is 608. The van der Waals surface area contributed by atoms with Gasteiger partial charge in [-0.1, -0.05) is 38.3 Å². The summed E-state index contributed by atoms with van der Waals surface area (Å²) in [6.07, 6.45) is 4.77. The number of fused-ring (bicyclic) bond motifs is 1. The van der Waals surface area contributed by atoms with Crippen LogP contribution < -0.4 is 10.6 Å². The highest BCUT2D eigenvalue weighted by Gasteiger charge is 2.45. The summed E-state index contributed by atoms with van der Waals surface area (Å²) in [5.41, 5.74) is 6.07. The molecule has 0 radical (unpaired) electrons. The van der Waals surface area contributed by atoms with Crippen LogP contribution in [0.15, 0.2) is 29.2 Å². The van der Waals surface area contributed by atoms with Crippen LogP contribution in [0.5, 0.6) is 0 Å². The number of imide groups is 1. The third-order valence-electron chi connectivity index (χ3n) is 4.28.